The lowest BCUT2D eigenvalue weighted by molar-refractivity contribution is 0.0100. The van der Waals surface area contributed by atoms with Gasteiger partial charge in [0.05, 0.1) is 12.7 Å². The van der Waals surface area contributed by atoms with E-state index >= 15 is 0 Å². The Morgan fingerprint density at radius 2 is 1.88 bits per heavy atom. The maximum Gasteiger partial charge on any atom is 0.253 e. The molecule has 1 heterocycles. The van der Waals surface area contributed by atoms with E-state index in [1.54, 1.807) is 19.1 Å². The Hall–Kier alpha value is -2.20. The number of ether oxygens (including phenoxy) is 1. The van der Waals surface area contributed by atoms with Crippen molar-refractivity contribution in [2.45, 2.75) is 32.3 Å². The quantitative estimate of drug-likeness (QED) is 0.823. The summed E-state index contributed by atoms with van der Waals surface area (Å²) >= 11 is 0. The van der Waals surface area contributed by atoms with Gasteiger partial charge in [-0.15, -0.1) is 0 Å². The van der Waals surface area contributed by atoms with E-state index in [0.717, 1.165) is 19.3 Å². The molecule has 1 amide bonds. The number of nitrogens with zero attached hydrogens (tertiary/aromatic N) is 1. The van der Waals surface area contributed by atoms with Gasteiger partial charge in [-0.1, -0.05) is 30.3 Å². The Morgan fingerprint density at radius 1 is 1.16 bits per heavy atom. The van der Waals surface area contributed by atoms with Crippen LogP contribution in [0.4, 0.5) is 4.39 Å². The summed E-state index contributed by atoms with van der Waals surface area (Å²) in [7, 11) is 0. The van der Waals surface area contributed by atoms with Crippen molar-refractivity contribution >= 4 is 5.91 Å². The van der Waals surface area contributed by atoms with Crippen molar-refractivity contribution < 1.29 is 13.9 Å². The number of aryl methyl sites for hydroxylation is 1. The number of hydrogen-bond donors (Lipinski definition) is 0. The number of hydrogen-bond acceptors (Lipinski definition) is 2. The third-order valence-corrected chi connectivity index (χ3v) is 4.72. The number of halogens is 1. The van der Waals surface area contributed by atoms with Crippen molar-refractivity contribution in [3.05, 3.63) is 71.0 Å². The van der Waals surface area contributed by atoms with Crippen LogP contribution in [0.2, 0.25) is 0 Å². The van der Waals surface area contributed by atoms with Gasteiger partial charge in [-0.05, 0) is 55.5 Å². The van der Waals surface area contributed by atoms with Gasteiger partial charge in [0.2, 0.25) is 0 Å². The fourth-order valence-corrected chi connectivity index (χ4v) is 3.17. The van der Waals surface area contributed by atoms with Gasteiger partial charge >= 0.3 is 0 Å². The number of rotatable bonds is 5. The average Bonchev–Trinajstić information content (AvgIpc) is 2.65. The van der Waals surface area contributed by atoms with Crippen LogP contribution in [-0.2, 0) is 11.2 Å². The molecule has 0 unspecified atom stereocenters. The second-order valence-corrected chi connectivity index (χ2v) is 6.56. The fourth-order valence-electron chi connectivity index (χ4n) is 3.17. The summed E-state index contributed by atoms with van der Waals surface area (Å²) < 4.78 is 19.3. The van der Waals surface area contributed by atoms with Crippen LogP contribution in [0.1, 0.15) is 34.3 Å². The van der Waals surface area contributed by atoms with Crippen LogP contribution in [0.15, 0.2) is 48.5 Å². The largest absolute Gasteiger partial charge is 0.378 e. The first-order chi connectivity index (χ1) is 12.1. The zero-order valence-electron chi connectivity index (χ0n) is 14.6. The Balaban J connectivity index is 1.45. The summed E-state index contributed by atoms with van der Waals surface area (Å²) in [5, 5.41) is 0. The Bertz CT molecular complexity index is 709. The number of carbonyl (C=O) groups is 1. The van der Waals surface area contributed by atoms with Crippen molar-refractivity contribution in [2.24, 2.45) is 0 Å². The summed E-state index contributed by atoms with van der Waals surface area (Å²) in [6.07, 6.45) is 2.82. The molecule has 25 heavy (non-hydrogen) atoms. The van der Waals surface area contributed by atoms with Gasteiger partial charge in [-0.25, -0.2) is 4.39 Å². The van der Waals surface area contributed by atoms with E-state index in [2.05, 4.69) is 12.1 Å². The zero-order valence-corrected chi connectivity index (χ0v) is 14.6. The summed E-state index contributed by atoms with van der Waals surface area (Å²) in [6.45, 7) is 3.76. The molecular formula is C21H24FNO2. The molecule has 1 fully saturated rings. The molecule has 0 aliphatic carbocycles. The zero-order chi connectivity index (χ0) is 17.6. The molecule has 2 aromatic rings. The van der Waals surface area contributed by atoms with Gasteiger partial charge in [-0.2, -0.15) is 0 Å². The molecule has 1 aliphatic heterocycles. The first kappa shape index (κ1) is 17.6. The van der Waals surface area contributed by atoms with Crippen molar-refractivity contribution in [1.29, 1.82) is 0 Å². The van der Waals surface area contributed by atoms with Crippen LogP contribution in [-0.4, -0.2) is 36.6 Å². The minimum absolute atomic E-state index is 0.0224. The van der Waals surface area contributed by atoms with Gasteiger partial charge in [-0.3, -0.25) is 4.79 Å². The lowest BCUT2D eigenvalue weighted by atomic mass is 10.0. The maximum atomic E-state index is 13.4. The van der Waals surface area contributed by atoms with E-state index in [-0.39, 0.29) is 17.8 Å². The van der Waals surface area contributed by atoms with Crippen LogP contribution < -0.4 is 0 Å². The molecule has 0 radical (unpaired) electrons. The number of amides is 1. The standard InChI is InChI=1S/C21H24FNO2/c1-16-15-18(7-8-20(16)22)21(24)23-12-9-19(10-13-23)25-14-11-17-5-3-2-4-6-17/h2-8,15,19H,9-14H2,1H3. The first-order valence-electron chi connectivity index (χ1n) is 8.84. The van der Waals surface area contributed by atoms with E-state index in [1.165, 1.54) is 11.6 Å². The highest BCUT2D eigenvalue weighted by Gasteiger charge is 2.24. The summed E-state index contributed by atoms with van der Waals surface area (Å²) in [4.78, 5) is 14.4. The third-order valence-electron chi connectivity index (χ3n) is 4.72. The molecule has 4 heteroatoms. The summed E-state index contributed by atoms with van der Waals surface area (Å²) in [5.74, 6) is -0.298. The van der Waals surface area contributed by atoms with Gasteiger partial charge in [0.25, 0.3) is 5.91 Å². The van der Waals surface area contributed by atoms with Crippen molar-refractivity contribution in [3.63, 3.8) is 0 Å². The molecule has 0 spiro atoms. The Kier molecular flexibility index (Phi) is 5.82. The molecule has 0 aromatic heterocycles. The lowest BCUT2D eigenvalue weighted by Crippen LogP contribution is -2.41. The minimum Gasteiger partial charge on any atom is -0.378 e. The predicted molar refractivity (Wildman–Crippen MR) is 96.2 cm³/mol. The molecule has 0 bridgehead atoms. The van der Waals surface area contributed by atoms with E-state index < -0.39 is 0 Å². The summed E-state index contributed by atoms with van der Waals surface area (Å²) in [5.41, 5.74) is 2.34. The highest BCUT2D eigenvalue weighted by molar-refractivity contribution is 5.94. The second kappa shape index (κ2) is 8.26. The second-order valence-electron chi connectivity index (χ2n) is 6.56. The van der Waals surface area contributed by atoms with Crippen LogP contribution in [0.3, 0.4) is 0 Å². The smallest absolute Gasteiger partial charge is 0.253 e. The predicted octanol–water partition coefficient (Wildman–Crippen LogP) is 4.00. The number of piperidine rings is 1. The van der Waals surface area contributed by atoms with E-state index in [9.17, 15) is 9.18 Å². The molecule has 2 aromatic carbocycles. The van der Waals surface area contributed by atoms with Crippen molar-refractivity contribution in [1.82, 2.24) is 4.90 Å². The van der Waals surface area contributed by atoms with Crippen LogP contribution >= 0.6 is 0 Å². The van der Waals surface area contributed by atoms with E-state index in [4.69, 9.17) is 4.74 Å². The topological polar surface area (TPSA) is 29.5 Å². The molecule has 3 nitrogen and oxygen atoms in total. The number of likely N-dealkylation sites (tertiary alicyclic amines) is 1. The highest BCUT2D eigenvalue weighted by Crippen LogP contribution is 2.18. The van der Waals surface area contributed by atoms with Crippen molar-refractivity contribution in [3.8, 4) is 0 Å². The molecule has 0 saturated carbocycles. The Labute approximate surface area is 148 Å². The number of benzene rings is 2. The SMILES string of the molecule is Cc1cc(C(=O)N2CCC(OCCc3ccccc3)CC2)ccc1F. The number of carbonyl (C=O) groups excluding carboxylic acids is 1. The van der Waals surface area contributed by atoms with Crippen LogP contribution in [0.5, 0.6) is 0 Å². The summed E-state index contributed by atoms with van der Waals surface area (Å²) in [6, 6.07) is 14.9. The first-order valence-corrected chi connectivity index (χ1v) is 8.84. The van der Waals surface area contributed by atoms with Gasteiger partial charge in [0.1, 0.15) is 5.82 Å². The molecule has 132 valence electrons. The Morgan fingerprint density at radius 3 is 2.56 bits per heavy atom. The van der Waals surface area contributed by atoms with Crippen molar-refractivity contribution in [2.75, 3.05) is 19.7 Å². The molecule has 0 N–H and O–H groups in total. The fraction of sp³-hybridized carbons (Fsp3) is 0.381. The van der Waals surface area contributed by atoms with Gasteiger partial charge < -0.3 is 9.64 Å². The van der Waals surface area contributed by atoms with E-state index in [0.29, 0.717) is 30.8 Å². The van der Waals surface area contributed by atoms with Gasteiger partial charge in [0.15, 0.2) is 0 Å². The minimum atomic E-state index is -0.276. The lowest BCUT2D eigenvalue weighted by Gasteiger charge is -2.32. The molecular weight excluding hydrogens is 317 g/mol. The third kappa shape index (κ3) is 4.67. The monoisotopic (exact) mass is 341 g/mol. The molecule has 3 rings (SSSR count). The van der Waals surface area contributed by atoms with Crippen LogP contribution in [0.25, 0.3) is 0 Å². The van der Waals surface area contributed by atoms with Gasteiger partial charge in [0, 0.05) is 18.7 Å². The molecule has 1 aliphatic rings. The normalized spacial score (nSPS) is 15.4. The van der Waals surface area contributed by atoms with Crippen LogP contribution in [0, 0.1) is 12.7 Å². The average molecular weight is 341 g/mol. The highest BCUT2D eigenvalue weighted by atomic mass is 19.1. The van der Waals surface area contributed by atoms with E-state index in [1.807, 2.05) is 23.1 Å². The molecule has 1 saturated heterocycles. The molecule has 0 atom stereocenters. The maximum absolute atomic E-state index is 13.4.